The minimum absolute atomic E-state index is 0.205. The van der Waals surface area contributed by atoms with E-state index in [2.05, 4.69) is 10.1 Å². The van der Waals surface area contributed by atoms with Crippen LogP contribution in [0.25, 0.3) is 0 Å². The molecule has 0 saturated carbocycles. The Kier molecular flexibility index (Phi) is 3.98. The van der Waals surface area contributed by atoms with E-state index in [1.165, 1.54) is 0 Å². The van der Waals surface area contributed by atoms with E-state index < -0.39 is 0 Å². The quantitative estimate of drug-likeness (QED) is 0.241. The summed E-state index contributed by atoms with van der Waals surface area (Å²) in [6, 6.07) is 0.270. The maximum absolute atomic E-state index is 9.01. The molecule has 0 aromatic carbocycles. The second-order valence-corrected chi connectivity index (χ2v) is 3.36. The fourth-order valence-corrected chi connectivity index (χ4v) is 1.70. The minimum atomic E-state index is 0.205. The molecular weight excluding hydrogens is 170 g/mol. The van der Waals surface area contributed by atoms with Crippen molar-refractivity contribution in [1.82, 2.24) is 4.90 Å². The number of likely N-dealkylation sites (tertiary alicyclic amines) is 1. The van der Waals surface area contributed by atoms with E-state index >= 15 is 0 Å². The van der Waals surface area contributed by atoms with E-state index in [-0.39, 0.29) is 18.5 Å². The van der Waals surface area contributed by atoms with Gasteiger partial charge in [-0.3, -0.25) is 4.90 Å². The third kappa shape index (κ3) is 2.86. The summed E-state index contributed by atoms with van der Waals surface area (Å²) in [7, 11) is 0. The lowest BCUT2D eigenvalue weighted by Crippen LogP contribution is -2.34. The van der Waals surface area contributed by atoms with Gasteiger partial charge in [0, 0.05) is 19.0 Å². The number of aliphatic hydroxyl groups is 1. The Balaban J connectivity index is 2.27. The molecule has 5 heteroatoms. The number of hydrogen-bond donors (Lipinski definition) is 3. The van der Waals surface area contributed by atoms with Crippen molar-refractivity contribution in [2.45, 2.75) is 25.3 Å². The molecule has 1 fully saturated rings. The van der Waals surface area contributed by atoms with Crippen LogP contribution in [0.2, 0.25) is 0 Å². The van der Waals surface area contributed by atoms with Gasteiger partial charge in [0.25, 0.3) is 0 Å². The number of oxime groups is 1. The summed E-state index contributed by atoms with van der Waals surface area (Å²) in [5, 5.41) is 20.2. The fourth-order valence-electron chi connectivity index (χ4n) is 1.70. The number of nitrogens with zero attached hydrogens (tertiary/aromatic N) is 2. The molecule has 0 amide bonds. The minimum Gasteiger partial charge on any atom is -0.409 e. The van der Waals surface area contributed by atoms with E-state index in [0.29, 0.717) is 6.42 Å². The van der Waals surface area contributed by atoms with Gasteiger partial charge in [-0.2, -0.15) is 0 Å². The molecule has 0 aliphatic carbocycles. The van der Waals surface area contributed by atoms with Crippen molar-refractivity contribution in [1.29, 1.82) is 0 Å². The monoisotopic (exact) mass is 187 g/mol. The number of amidine groups is 1. The number of hydrogen-bond acceptors (Lipinski definition) is 4. The molecule has 13 heavy (non-hydrogen) atoms. The maximum atomic E-state index is 9.01. The average Bonchev–Trinajstić information content (AvgIpc) is 2.61. The first-order valence-electron chi connectivity index (χ1n) is 4.59. The van der Waals surface area contributed by atoms with Gasteiger partial charge in [-0.25, -0.2) is 0 Å². The number of rotatable bonds is 4. The number of nitrogens with two attached hydrogens (primary N) is 1. The summed E-state index contributed by atoms with van der Waals surface area (Å²) in [5.41, 5.74) is 5.35. The summed E-state index contributed by atoms with van der Waals surface area (Å²) < 4.78 is 0. The standard InChI is InChI=1S/C8H17N3O2/c9-8(10-13)3-5-11-4-1-2-7(11)6-12/h7,12-13H,1-6H2,(H2,9,10). The van der Waals surface area contributed by atoms with Gasteiger partial charge in [0.2, 0.25) is 0 Å². The maximum Gasteiger partial charge on any atom is 0.140 e. The lowest BCUT2D eigenvalue weighted by molar-refractivity contribution is 0.161. The van der Waals surface area contributed by atoms with Gasteiger partial charge in [0.05, 0.1) is 6.61 Å². The third-order valence-corrected chi connectivity index (χ3v) is 2.49. The van der Waals surface area contributed by atoms with Crippen LogP contribution in [0.3, 0.4) is 0 Å². The Morgan fingerprint density at radius 2 is 2.38 bits per heavy atom. The van der Waals surface area contributed by atoms with Crippen molar-refractivity contribution >= 4 is 5.84 Å². The SMILES string of the molecule is NC(CCN1CCCC1CO)=NO. The predicted octanol–water partition coefficient (Wildman–Crippen LogP) is -0.420. The summed E-state index contributed by atoms with van der Waals surface area (Å²) in [5.74, 6) is 0.253. The van der Waals surface area contributed by atoms with Crippen LogP contribution in [0.15, 0.2) is 5.16 Å². The molecule has 1 heterocycles. The van der Waals surface area contributed by atoms with Crippen molar-refractivity contribution in [2.24, 2.45) is 10.9 Å². The highest BCUT2D eigenvalue weighted by Crippen LogP contribution is 2.16. The van der Waals surface area contributed by atoms with Gasteiger partial charge < -0.3 is 16.0 Å². The van der Waals surface area contributed by atoms with Crippen LogP contribution in [0.1, 0.15) is 19.3 Å². The molecule has 4 N–H and O–H groups in total. The summed E-state index contributed by atoms with van der Waals surface area (Å²) >= 11 is 0. The van der Waals surface area contributed by atoms with Crippen LogP contribution in [0.5, 0.6) is 0 Å². The Labute approximate surface area is 77.8 Å². The lowest BCUT2D eigenvalue weighted by Gasteiger charge is -2.21. The Morgan fingerprint density at radius 3 is 3.00 bits per heavy atom. The topological polar surface area (TPSA) is 82.1 Å². The Morgan fingerprint density at radius 1 is 1.62 bits per heavy atom. The van der Waals surface area contributed by atoms with Crippen LogP contribution < -0.4 is 5.73 Å². The molecule has 0 aromatic rings. The summed E-state index contributed by atoms with van der Waals surface area (Å²) in [6.45, 7) is 1.97. The highest BCUT2D eigenvalue weighted by atomic mass is 16.4. The molecule has 1 atom stereocenters. The molecule has 1 aliphatic heterocycles. The molecule has 0 aromatic heterocycles. The van der Waals surface area contributed by atoms with Gasteiger partial charge in [-0.1, -0.05) is 5.16 Å². The normalized spacial score (nSPS) is 25.3. The van der Waals surface area contributed by atoms with Crippen LogP contribution in [0, 0.1) is 0 Å². The highest BCUT2D eigenvalue weighted by molar-refractivity contribution is 5.79. The predicted molar refractivity (Wildman–Crippen MR) is 49.7 cm³/mol. The van der Waals surface area contributed by atoms with Gasteiger partial charge in [-0.15, -0.1) is 0 Å². The van der Waals surface area contributed by atoms with Gasteiger partial charge in [0.15, 0.2) is 0 Å². The van der Waals surface area contributed by atoms with Gasteiger partial charge in [0.1, 0.15) is 5.84 Å². The molecule has 76 valence electrons. The van der Waals surface area contributed by atoms with Crippen molar-refractivity contribution in [3.8, 4) is 0 Å². The van der Waals surface area contributed by atoms with Crippen molar-refractivity contribution < 1.29 is 10.3 Å². The molecule has 0 spiro atoms. The molecule has 1 aliphatic rings. The molecule has 0 bridgehead atoms. The van der Waals surface area contributed by atoms with Gasteiger partial charge >= 0.3 is 0 Å². The first-order valence-corrected chi connectivity index (χ1v) is 4.59. The summed E-state index contributed by atoms with van der Waals surface area (Å²) in [6.07, 6.45) is 2.74. The molecule has 1 unspecified atom stereocenters. The van der Waals surface area contributed by atoms with E-state index in [9.17, 15) is 0 Å². The molecular formula is C8H17N3O2. The smallest absolute Gasteiger partial charge is 0.140 e. The largest absolute Gasteiger partial charge is 0.409 e. The zero-order chi connectivity index (χ0) is 9.68. The molecule has 1 saturated heterocycles. The first kappa shape index (κ1) is 10.3. The molecule has 5 nitrogen and oxygen atoms in total. The van der Waals surface area contributed by atoms with Crippen molar-refractivity contribution in [3.05, 3.63) is 0 Å². The Hall–Kier alpha value is -0.810. The van der Waals surface area contributed by atoms with Gasteiger partial charge in [-0.05, 0) is 19.4 Å². The lowest BCUT2D eigenvalue weighted by atomic mass is 10.2. The van der Waals surface area contributed by atoms with E-state index in [0.717, 1.165) is 25.9 Å². The van der Waals surface area contributed by atoms with Crippen LogP contribution in [-0.2, 0) is 0 Å². The Bertz CT molecular complexity index is 184. The van der Waals surface area contributed by atoms with E-state index in [1.807, 2.05) is 0 Å². The van der Waals surface area contributed by atoms with E-state index in [1.54, 1.807) is 0 Å². The van der Waals surface area contributed by atoms with Crippen molar-refractivity contribution in [2.75, 3.05) is 19.7 Å². The molecule has 0 radical (unpaired) electrons. The zero-order valence-electron chi connectivity index (χ0n) is 7.69. The van der Waals surface area contributed by atoms with Crippen LogP contribution in [-0.4, -0.2) is 46.8 Å². The van der Waals surface area contributed by atoms with Crippen LogP contribution >= 0.6 is 0 Å². The number of aliphatic hydroxyl groups excluding tert-OH is 1. The second kappa shape index (κ2) is 5.04. The first-order chi connectivity index (χ1) is 6.27. The fraction of sp³-hybridized carbons (Fsp3) is 0.875. The zero-order valence-corrected chi connectivity index (χ0v) is 7.69. The highest BCUT2D eigenvalue weighted by Gasteiger charge is 2.22. The second-order valence-electron chi connectivity index (χ2n) is 3.36. The van der Waals surface area contributed by atoms with Crippen LogP contribution in [0.4, 0.5) is 0 Å². The van der Waals surface area contributed by atoms with E-state index in [4.69, 9.17) is 16.0 Å². The summed E-state index contributed by atoms with van der Waals surface area (Å²) in [4.78, 5) is 2.18. The third-order valence-electron chi connectivity index (χ3n) is 2.49. The average molecular weight is 187 g/mol. The molecule has 1 rings (SSSR count). The van der Waals surface area contributed by atoms with Crippen molar-refractivity contribution in [3.63, 3.8) is 0 Å².